The smallest absolute Gasteiger partial charge is 0.0970 e. The maximum absolute atomic E-state index is 9.15. The van der Waals surface area contributed by atoms with Crippen LogP contribution in [0.1, 0.15) is 23.0 Å². The predicted molar refractivity (Wildman–Crippen MR) is 52.9 cm³/mol. The lowest BCUT2D eigenvalue weighted by Gasteiger charge is -2.15. The highest BCUT2D eigenvalue weighted by Gasteiger charge is 2.30. The number of hydrogen-bond donors (Lipinski definition) is 1. The van der Waals surface area contributed by atoms with E-state index >= 15 is 0 Å². The minimum atomic E-state index is 0.144. The van der Waals surface area contributed by atoms with Gasteiger partial charge in [-0.2, -0.15) is 0 Å². The molecule has 2 atom stereocenters. The second kappa shape index (κ2) is 3.78. The minimum absolute atomic E-state index is 0.144. The van der Waals surface area contributed by atoms with Crippen LogP contribution in [0.2, 0.25) is 0 Å². The molecule has 1 aromatic rings. The zero-order chi connectivity index (χ0) is 9.26. The maximum atomic E-state index is 9.15. The molecule has 1 aliphatic rings. The molecule has 0 aliphatic carbocycles. The number of thiophene rings is 1. The molecule has 0 saturated carbocycles. The Kier molecular flexibility index (Phi) is 2.67. The predicted octanol–water partition coefficient (Wildman–Crippen LogP) is 2.13. The van der Waals surface area contributed by atoms with Crippen molar-refractivity contribution in [2.24, 2.45) is 5.92 Å². The van der Waals surface area contributed by atoms with Crippen molar-refractivity contribution in [1.82, 2.24) is 0 Å². The number of ether oxygens (including phenoxy) is 1. The fourth-order valence-corrected chi connectivity index (χ4v) is 2.85. The van der Waals surface area contributed by atoms with Gasteiger partial charge >= 0.3 is 0 Å². The summed E-state index contributed by atoms with van der Waals surface area (Å²) < 4.78 is 5.63. The Hall–Kier alpha value is -0.380. The molecule has 1 aliphatic heterocycles. The Morgan fingerprint density at radius 1 is 1.69 bits per heavy atom. The number of aliphatic hydroxyl groups excluding tert-OH is 1. The van der Waals surface area contributed by atoms with E-state index in [0.717, 1.165) is 13.0 Å². The second-order valence-corrected chi connectivity index (χ2v) is 4.44. The van der Waals surface area contributed by atoms with Gasteiger partial charge in [-0.1, -0.05) is 0 Å². The zero-order valence-corrected chi connectivity index (χ0v) is 8.51. The molecule has 1 fully saturated rings. The highest BCUT2D eigenvalue weighted by molar-refractivity contribution is 7.10. The number of aryl methyl sites for hydroxylation is 1. The van der Waals surface area contributed by atoms with Crippen molar-refractivity contribution in [3.8, 4) is 0 Å². The molecule has 0 bridgehead atoms. The van der Waals surface area contributed by atoms with Crippen LogP contribution in [0.15, 0.2) is 11.4 Å². The Morgan fingerprint density at radius 3 is 3.15 bits per heavy atom. The van der Waals surface area contributed by atoms with Crippen molar-refractivity contribution < 1.29 is 9.84 Å². The van der Waals surface area contributed by atoms with Gasteiger partial charge in [0.05, 0.1) is 6.10 Å². The highest BCUT2D eigenvalue weighted by atomic mass is 32.1. The van der Waals surface area contributed by atoms with Gasteiger partial charge in [0, 0.05) is 24.0 Å². The Labute approximate surface area is 82.2 Å². The quantitative estimate of drug-likeness (QED) is 0.788. The van der Waals surface area contributed by atoms with Gasteiger partial charge in [-0.25, -0.2) is 0 Å². The summed E-state index contributed by atoms with van der Waals surface area (Å²) in [6.45, 7) is 3.12. The lowest BCUT2D eigenvalue weighted by molar-refractivity contribution is 0.0743. The SMILES string of the molecule is Cc1ccsc1C1OCCC1CO. The lowest BCUT2D eigenvalue weighted by Crippen LogP contribution is -2.10. The van der Waals surface area contributed by atoms with Gasteiger partial charge in [-0.15, -0.1) is 11.3 Å². The first-order chi connectivity index (χ1) is 6.33. The van der Waals surface area contributed by atoms with Crippen molar-refractivity contribution in [2.75, 3.05) is 13.2 Å². The average Bonchev–Trinajstić information content (AvgIpc) is 2.71. The van der Waals surface area contributed by atoms with Crippen molar-refractivity contribution >= 4 is 11.3 Å². The van der Waals surface area contributed by atoms with E-state index in [4.69, 9.17) is 9.84 Å². The van der Waals surface area contributed by atoms with Crippen molar-refractivity contribution in [2.45, 2.75) is 19.4 Å². The van der Waals surface area contributed by atoms with E-state index in [1.807, 2.05) is 0 Å². The van der Waals surface area contributed by atoms with Crippen LogP contribution in [0, 0.1) is 12.8 Å². The van der Waals surface area contributed by atoms with Gasteiger partial charge in [0.1, 0.15) is 0 Å². The van der Waals surface area contributed by atoms with Crippen molar-refractivity contribution in [3.63, 3.8) is 0 Å². The Morgan fingerprint density at radius 2 is 2.54 bits per heavy atom. The number of rotatable bonds is 2. The summed E-state index contributed by atoms with van der Waals surface area (Å²) in [7, 11) is 0. The molecule has 2 nitrogen and oxygen atoms in total. The largest absolute Gasteiger partial charge is 0.396 e. The molecule has 13 heavy (non-hydrogen) atoms. The summed E-state index contributed by atoms with van der Waals surface area (Å²) in [4.78, 5) is 1.29. The summed E-state index contributed by atoms with van der Waals surface area (Å²) >= 11 is 1.73. The third-order valence-corrected chi connectivity index (χ3v) is 3.69. The molecule has 2 heterocycles. The molecule has 1 aromatic heterocycles. The fraction of sp³-hybridized carbons (Fsp3) is 0.600. The van der Waals surface area contributed by atoms with Crippen LogP contribution in [0.5, 0.6) is 0 Å². The van der Waals surface area contributed by atoms with E-state index in [-0.39, 0.29) is 12.7 Å². The lowest BCUT2D eigenvalue weighted by atomic mass is 10.00. The van der Waals surface area contributed by atoms with Crippen LogP contribution in [-0.4, -0.2) is 18.3 Å². The normalized spacial score (nSPS) is 28.2. The first-order valence-electron chi connectivity index (χ1n) is 4.59. The van der Waals surface area contributed by atoms with Gasteiger partial charge in [-0.3, -0.25) is 0 Å². The Balaban J connectivity index is 2.20. The molecule has 72 valence electrons. The number of hydrogen-bond acceptors (Lipinski definition) is 3. The van der Waals surface area contributed by atoms with Crippen LogP contribution >= 0.6 is 11.3 Å². The van der Waals surface area contributed by atoms with Crippen LogP contribution in [0.25, 0.3) is 0 Å². The molecule has 3 heteroatoms. The molecule has 2 unspecified atom stereocenters. The van der Waals surface area contributed by atoms with E-state index in [1.54, 1.807) is 11.3 Å². The molecular formula is C10H14O2S. The van der Waals surface area contributed by atoms with Gasteiger partial charge in [0.25, 0.3) is 0 Å². The van der Waals surface area contributed by atoms with Crippen LogP contribution in [0.4, 0.5) is 0 Å². The summed E-state index contributed by atoms with van der Waals surface area (Å²) in [6.07, 6.45) is 1.13. The molecular weight excluding hydrogens is 184 g/mol. The highest BCUT2D eigenvalue weighted by Crippen LogP contribution is 2.38. The maximum Gasteiger partial charge on any atom is 0.0970 e. The fourth-order valence-electron chi connectivity index (χ4n) is 1.79. The Bertz CT molecular complexity index is 282. The van der Waals surface area contributed by atoms with E-state index in [9.17, 15) is 0 Å². The van der Waals surface area contributed by atoms with E-state index in [0.29, 0.717) is 5.92 Å². The summed E-state index contributed by atoms with van der Waals surface area (Å²) in [5, 5.41) is 11.2. The number of aliphatic hydroxyl groups is 1. The topological polar surface area (TPSA) is 29.5 Å². The summed E-state index contributed by atoms with van der Waals surface area (Å²) in [5.74, 6) is 0.303. The molecule has 0 spiro atoms. The third-order valence-electron chi connectivity index (χ3n) is 2.61. The standard InChI is InChI=1S/C10H14O2S/c1-7-3-5-13-10(7)9-8(6-11)2-4-12-9/h3,5,8-9,11H,2,4,6H2,1H3. The summed E-state index contributed by atoms with van der Waals surface area (Å²) in [5.41, 5.74) is 1.29. The minimum Gasteiger partial charge on any atom is -0.396 e. The zero-order valence-electron chi connectivity index (χ0n) is 7.69. The summed E-state index contributed by atoms with van der Waals surface area (Å²) in [6, 6.07) is 2.11. The molecule has 1 saturated heterocycles. The van der Waals surface area contributed by atoms with Crippen LogP contribution in [0.3, 0.4) is 0 Å². The third kappa shape index (κ3) is 1.64. The first kappa shape index (κ1) is 9.19. The monoisotopic (exact) mass is 198 g/mol. The van der Waals surface area contributed by atoms with E-state index in [2.05, 4.69) is 18.4 Å². The van der Waals surface area contributed by atoms with Gasteiger partial charge in [0.15, 0.2) is 0 Å². The van der Waals surface area contributed by atoms with Gasteiger partial charge in [-0.05, 0) is 30.4 Å². The molecule has 0 aromatic carbocycles. The van der Waals surface area contributed by atoms with E-state index in [1.165, 1.54) is 10.4 Å². The molecule has 2 rings (SSSR count). The van der Waals surface area contributed by atoms with E-state index < -0.39 is 0 Å². The second-order valence-electron chi connectivity index (χ2n) is 3.49. The first-order valence-corrected chi connectivity index (χ1v) is 5.47. The van der Waals surface area contributed by atoms with Crippen molar-refractivity contribution in [1.29, 1.82) is 0 Å². The molecule has 0 amide bonds. The molecule has 1 N–H and O–H groups in total. The van der Waals surface area contributed by atoms with Crippen molar-refractivity contribution in [3.05, 3.63) is 21.9 Å². The molecule has 0 radical (unpaired) electrons. The van der Waals surface area contributed by atoms with Crippen LogP contribution < -0.4 is 0 Å². The van der Waals surface area contributed by atoms with Gasteiger partial charge < -0.3 is 9.84 Å². The van der Waals surface area contributed by atoms with Gasteiger partial charge in [0.2, 0.25) is 0 Å². The van der Waals surface area contributed by atoms with Crippen LogP contribution in [-0.2, 0) is 4.74 Å². The average molecular weight is 198 g/mol.